The summed E-state index contributed by atoms with van der Waals surface area (Å²) in [5, 5.41) is 0. The first-order valence-electron chi connectivity index (χ1n) is 8.83. The third kappa shape index (κ3) is 11.5. The molecule has 0 fully saturated rings. The minimum Gasteiger partial charge on any atom is -0.462 e. The second-order valence-electron chi connectivity index (χ2n) is 6.67. The van der Waals surface area contributed by atoms with Crippen LogP contribution >= 0.6 is 0 Å². The summed E-state index contributed by atoms with van der Waals surface area (Å²) in [4.78, 5) is 11.8. The monoisotopic (exact) mass is 296 g/mol. The molecule has 21 heavy (non-hydrogen) atoms. The van der Waals surface area contributed by atoms with E-state index in [1.165, 1.54) is 38.5 Å². The zero-order chi connectivity index (χ0) is 16.1. The average molecular weight is 296 g/mol. The maximum atomic E-state index is 11.8. The van der Waals surface area contributed by atoms with Crippen molar-refractivity contribution in [3.63, 3.8) is 0 Å². The number of hydrogen-bond acceptors (Lipinski definition) is 2. The summed E-state index contributed by atoms with van der Waals surface area (Å²) in [5.41, 5.74) is 0. The van der Waals surface area contributed by atoms with Crippen molar-refractivity contribution in [3.05, 3.63) is 12.2 Å². The molecule has 0 heterocycles. The Balaban J connectivity index is 3.70. The van der Waals surface area contributed by atoms with Gasteiger partial charge in [-0.3, -0.25) is 4.79 Å². The van der Waals surface area contributed by atoms with Gasteiger partial charge in [0.05, 0.1) is 6.42 Å². The molecule has 0 radical (unpaired) electrons. The van der Waals surface area contributed by atoms with Gasteiger partial charge in [0.1, 0.15) is 6.10 Å². The highest BCUT2D eigenvalue weighted by Crippen LogP contribution is 2.17. The third-order valence-corrected chi connectivity index (χ3v) is 3.76. The fourth-order valence-corrected chi connectivity index (χ4v) is 2.58. The van der Waals surface area contributed by atoms with E-state index in [2.05, 4.69) is 40.7 Å². The number of esters is 1. The fourth-order valence-electron chi connectivity index (χ4n) is 2.58. The topological polar surface area (TPSA) is 26.3 Å². The molecule has 0 N–H and O–H groups in total. The van der Waals surface area contributed by atoms with Gasteiger partial charge in [0.25, 0.3) is 0 Å². The third-order valence-electron chi connectivity index (χ3n) is 3.76. The number of allylic oxidation sites excluding steroid dienone is 1. The van der Waals surface area contributed by atoms with Crippen molar-refractivity contribution in [2.24, 2.45) is 11.8 Å². The molecule has 124 valence electrons. The van der Waals surface area contributed by atoms with Crippen molar-refractivity contribution in [2.75, 3.05) is 0 Å². The standard InChI is InChI=1S/C19H36O2/c1-6-7-8-9-10-11-12-13-14-15-18(20)21-19(16(2)3)17(4)5/h13-14,16-17,19H,6-12,15H2,1-5H3/b14-13-. The number of carbonyl (C=O) groups excluding carboxylic acids is 1. The van der Waals surface area contributed by atoms with E-state index >= 15 is 0 Å². The van der Waals surface area contributed by atoms with Crippen LogP contribution in [-0.4, -0.2) is 12.1 Å². The van der Waals surface area contributed by atoms with Crippen molar-refractivity contribution in [1.82, 2.24) is 0 Å². The molecule has 0 saturated heterocycles. The first-order valence-corrected chi connectivity index (χ1v) is 8.83. The molecule has 0 amide bonds. The Morgan fingerprint density at radius 3 is 2.05 bits per heavy atom. The summed E-state index contributed by atoms with van der Waals surface area (Å²) in [6.45, 7) is 10.7. The quantitative estimate of drug-likeness (QED) is 0.254. The minimum absolute atomic E-state index is 0.0319. The molecule has 0 rings (SSSR count). The first kappa shape index (κ1) is 20.2. The number of hydrogen-bond donors (Lipinski definition) is 0. The predicted molar refractivity (Wildman–Crippen MR) is 91.3 cm³/mol. The van der Waals surface area contributed by atoms with Crippen LogP contribution in [0.25, 0.3) is 0 Å². The SMILES string of the molecule is CCCCCCCC/C=C\CC(=O)OC(C(C)C)C(C)C. The molecule has 0 unspecified atom stereocenters. The lowest BCUT2D eigenvalue weighted by atomic mass is 9.96. The second kappa shape index (κ2) is 12.9. The van der Waals surface area contributed by atoms with Crippen molar-refractivity contribution in [1.29, 1.82) is 0 Å². The van der Waals surface area contributed by atoms with Crippen LogP contribution in [0, 0.1) is 11.8 Å². The van der Waals surface area contributed by atoms with Gasteiger partial charge in [0.2, 0.25) is 0 Å². The van der Waals surface area contributed by atoms with Crippen LogP contribution in [0.5, 0.6) is 0 Å². The Bertz CT molecular complexity index is 271. The highest BCUT2D eigenvalue weighted by molar-refractivity contribution is 5.71. The maximum absolute atomic E-state index is 11.8. The predicted octanol–water partition coefficient (Wildman–Crippen LogP) is 5.91. The molecule has 0 aromatic carbocycles. The van der Waals surface area contributed by atoms with Gasteiger partial charge in [-0.15, -0.1) is 0 Å². The summed E-state index contributed by atoms with van der Waals surface area (Å²) in [6.07, 6.45) is 13.5. The number of ether oxygens (including phenoxy) is 1. The van der Waals surface area contributed by atoms with E-state index in [-0.39, 0.29) is 12.1 Å². The van der Waals surface area contributed by atoms with E-state index in [0.29, 0.717) is 18.3 Å². The summed E-state index contributed by atoms with van der Waals surface area (Å²) in [5.74, 6) is 0.656. The van der Waals surface area contributed by atoms with Gasteiger partial charge in [0.15, 0.2) is 0 Å². The normalized spacial score (nSPS) is 12.0. The zero-order valence-electron chi connectivity index (χ0n) is 14.9. The molecule has 0 atom stereocenters. The van der Waals surface area contributed by atoms with Gasteiger partial charge >= 0.3 is 5.97 Å². The fraction of sp³-hybridized carbons (Fsp3) is 0.842. The summed E-state index contributed by atoms with van der Waals surface area (Å²) in [7, 11) is 0. The van der Waals surface area contributed by atoms with Gasteiger partial charge in [0, 0.05) is 0 Å². The molecule has 0 saturated carbocycles. The van der Waals surface area contributed by atoms with Crippen molar-refractivity contribution < 1.29 is 9.53 Å². The smallest absolute Gasteiger partial charge is 0.309 e. The van der Waals surface area contributed by atoms with Crippen LogP contribution in [0.4, 0.5) is 0 Å². The molecular weight excluding hydrogens is 260 g/mol. The van der Waals surface area contributed by atoms with Gasteiger partial charge < -0.3 is 4.74 Å². The first-order chi connectivity index (χ1) is 9.99. The molecule has 0 aromatic rings. The number of rotatable bonds is 12. The van der Waals surface area contributed by atoms with E-state index in [9.17, 15) is 4.79 Å². The lowest BCUT2D eigenvalue weighted by Crippen LogP contribution is -2.28. The van der Waals surface area contributed by atoms with Crippen LogP contribution in [0.1, 0.15) is 86.0 Å². The highest BCUT2D eigenvalue weighted by Gasteiger charge is 2.21. The summed E-state index contributed by atoms with van der Waals surface area (Å²) in [6, 6.07) is 0. The minimum atomic E-state index is -0.0957. The molecule has 0 aliphatic heterocycles. The van der Waals surface area contributed by atoms with Crippen LogP contribution in [-0.2, 0) is 9.53 Å². The Morgan fingerprint density at radius 2 is 1.48 bits per heavy atom. The Kier molecular flexibility index (Phi) is 12.4. The Hall–Kier alpha value is -0.790. The van der Waals surface area contributed by atoms with Crippen LogP contribution in [0.3, 0.4) is 0 Å². The molecule has 0 aliphatic carbocycles. The van der Waals surface area contributed by atoms with E-state index in [0.717, 1.165) is 6.42 Å². The van der Waals surface area contributed by atoms with E-state index < -0.39 is 0 Å². The second-order valence-corrected chi connectivity index (χ2v) is 6.67. The summed E-state index contributed by atoms with van der Waals surface area (Å²) >= 11 is 0. The lowest BCUT2D eigenvalue weighted by molar-refractivity contribution is -0.152. The van der Waals surface area contributed by atoms with E-state index in [1.54, 1.807) is 0 Å². The molecule has 0 aromatic heterocycles. The molecule has 0 aliphatic rings. The maximum Gasteiger partial charge on any atom is 0.309 e. The Morgan fingerprint density at radius 1 is 0.905 bits per heavy atom. The Labute approximate surface area is 132 Å². The molecule has 2 heteroatoms. The van der Waals surface area contributed by atoms with Gasteiger partial charge in [-0.1, -0.05) is 78.9 Å². The number of carbonyl (C=O) groups is 1. The summed E-state index contributed by atoms with van der Waals surface area (Å²) < 4.78 is 5.56. The lowest BCUT2D eigenvalue weighted by Gasteiger charge is -2.24. The van der Waals surface area contributed by atoms with Gasteiger partial charge in [-0.2, -0.15) is 0 Å². The molecule has 2 nitrogen and oxygen atoms in total. The molecular formula is C19H36O2. The van der Waals surface area contributed by atoms with E-state index in [4.69, 9.17) is 4.74 Å². The van der Waals surface area contributed by atoms with Crippen molar-refractivity contribution >= 4 is 5.97 Å². The van der Waals surface area contributed by atoms with Crippen LogP contribution in [0.15, 0.2) is 12.2 Å². The van der Waals surface area contributed by atoms with E-state index in [1.807, 2.05) is 6.08 Å². The van der Waals surface area contributed by atoms with Crippen LogP contribution in [0.2, 0.25) is 0 Å². The highest BCUT2D eigenvalue weighted by atomic mass is 16.5. The average Bonchev–Trinajstić information content (AvgIpc) is 2.42. The molecule has 0 spiro atoms. The van der Waals surface area contributed by atoms with Gasteiger partial charge in [-0.05, 0) is 24.7 Å². The molecule has 0 bridgehead atoms. The van der Waals surface area contributed by atoms with Crippen molar-refractivity contribution in [3.8, 4) is 0 Å². The van der Waals surface area contributed by atoms with Crippen LogP contribution < -0.4 is 0 Å². The largest absolute Gasteiger partial charge is 0.462 e. The van der Waals surface area contributed by atoms with Crippen molar-refractivity contribution in [2.45, 2.75) is 92.1 Å². The number of unbranched alkanes of at least 4 members (excludes halogenated alkanes) is 6. The van der Waals surface area contributed by atoms with Gasteiger partial charge in [-0.25, -0.2) is 0 Å². The zero-order valence-corrected chi connectivity index (χ0v) is 14.9.